The first-order valence-corrected chi connectivity index (χ1v) is 5.27. The van der Waals surface area contributed by atoms with E-state index in [-0.39, 0.29) is 71.3 Å². The maximum absolute atomic E-state index is 11.7. The van der Waals surface area contributed by atoms with Gasteiger partial charge in [0.15, 0.2) is 0 Å². The third-order valence-corrected chi connectivity index (χ3v) is 2.35. The molecule has 0 aromatic carbocycles. The van der Waals surface area contributed by atoms with E-state index >= 15 is 0 Å². The number of hydrogen-bond acceptors (Lipinski definition) is 2. The van der Waals surface area contributed by atoms with Crippen LogP contribution in [0.25, 0.3) is 0 Å². The van der Waals surface area contributed by atoms with E-state index in [9.17, 15) is 4.79 Å². The summed E-state index contributed by atoms with van der Waals surface area (Å²) in [6, 6.07) is 3.21. The Morgan fingerprint density at radius 2 is 1.88 bits per heavy atom. The second-order valence-corrected chi connectivity index (χ2v) is 3.49. The summed E-state index contributed by atoms with van der Waals surface area (Å²) >= 11 is 0. The van der Waals surface area contributed by atoms with Gasteiger partial charge >= 0.3 is 0 Å². The average molecular weight is 383 g/mol. The van der Waals surface area contributed by atoms with Crippen molar-refractivity contribution in [2.75, 3.05) is 6.54 Å². The molecule has 0 aliphatic carbocycles. The van der Waals surface area contributed by atoms with Crippen LogP contribution in [0.4, 0.5) is 0 Å². The maximum atomic E-state index is 11.7. The number of pyridine rings is 1. The van der Waals surface area contributed by atoms with Crippen molar-refractivity contribution in [3.8, 4) is 0 Å². The predicted octanol–water partition coefficient (Wildman–Crippen LogP) is 1.81. The van der Waals surface area contributed by atoms with E-state index in [4.69, 9.17) is 0 Å². The fourth-order valence-electron chi connectivity index (χ4n) is 1.38. The first kappa shape index (κ1) is 20.2. The van der Waals surface area contributed by atoms with E-state index in [1.54, 1.807) is 0 Å². The van der Waals surface area contributed by atoms with E-state index in [2.05, 4.69) is 16.4 Å². The molecular weight excluding hydrogens is 366 g/mol. The van der Waals surface area contributed by atoms with Crippen molar-refractivity contribution in [3.05, 3.63) is 28.6 Å². The molecule has 0 fully saturated rings. The van der Waals surface area contributed by atoms with Crippen LogP contribution >= 0.6 is 0 Å². The SMILES string of the molecule is CCNC(=O)c1nc(C)c(C)[c-]c1CC.[Y].[Y]. The molecule has 0 aliphatic rings. The summed E-state index contributed by atoms with van der Waals surface area (Å²) in [5.41, 5.74) is 3.29. The van der Waals surface area contributed by atoms with Crippen LogP contribution in [0, 0.1) is 19.9 Å². The van der Waals surface area contributed by atoms with Gasteiger partial charge in [-0.05, 0) is 6.92 Å². The molecule has 0 bridgehead atoms. The van der Waals surface area contributed by atoms with Crippen LogP contribution in [0.2, 0.25) is 0 Å². The Hall–Kier alpha value is 0.828. The average Bonchev–Trinajstić information content (AvgIpc) is 2.21. The van der Waals surface area contributed by atoms with Gasteiger partial charge in [0.05, 0.1) is 0 Å². The predicted molar refractivity (Wildman–Crippen MR) is 59.9 cm³/mol. The van der Waals surface area contributed by atoms with Crippen LogP contribution in [0.5, 0.6) is 0 Å². The zero-order valence-corrected chi connectivity index (χ0v) is 16.6. The number of amides is 1. The largest absolute Gasteiger partial charge is 0.374 e. The van der Waals surface area contributed by atoms with Crippen molar-refractivity contribution in [3.63, 3.8) is 0 Å². The quantitative estimate of drug-likeness (QED) is 0.810. The number of carbonyl (C=O) groups is 1. The third kappa shape index (κ3) is 5.55. The van der Waals surface area contributed by atoms with E-state index < -0.39 is 0 Å². The molecule has 0 spiro atoms. The van der Waals surface area contributed by atoms with Gasteiger partial charge in [0, 0.05) is 77.7 Å². The van der Waals surface area contributed by atoms with E-state index in [1.165, 1.54) is 0 Å². The summed E-state index contributed by atoms with van der Waals surface area (Å²) in [5, 5.41) is 2.76. The molecule has 0 saturated carbocycles. The zero-order valence-electron chi connectivity index (χ0n) is 10.9. The van der Waals surface area contributed by atoms with Crippen molar-refractivity contribution < 1.29 is 70.2 Å². The number of aryl methyl sites for hydroxylation is 3. The molecule has 17 heavy (non-hydrogen) atoms. The minimum Gasteiger partial charge on any atom is -0.374 e. The monoisotopic (exact) mass is 383 g/mol. The Bertz CT molecular complexity index is 381. The van der Waals surface area contributed by atoms with Gasteiger partial charge in [-0.15, -0.1) is 11.1 Å². The van der Waals surface area contributed by atoms with Gasteiger partial charge in [-0.3, -0.25) is 4.79 Å². The standard InChI is InChI=1S/C12H17N2O.2Y/c1-5-10-7-8(3)9(4)14-11(10)12(15)13-6-2;;/h5-6H2,1-4H3,(H,13,15);;/q-1;;. The summed E-state index contributed by atoms with van der Waals surface area (Å²) in [4.78, 5) is 16.0. The topological polar surface area (TPSA) is 42.0 Å². The Morgan fingerprint density at radius 3 is 2.35 bits per heavy atom. The Labute approximate surface area is 154 Å². The number of hydrogen-bond donors (Lipinski definition) is 1. The van der Waals surface area contributed by atoms with Crippen LogP contribution in [0.3, 0.4) is 0 Å². The van der Waals surface area contributed by atoms with Gasteiger partial charge < -0.3 is 10.3 Å². The molecule has 5 heteroatoms. The van der Waals surface area contributed by atoms with Gasteiger partial charge in [-0.2, -0.15) is 6.07 Å². The summed E-state index contributed by atoms with van der Waals surface area (Å²) in [5.74, 6) is -0.103. The first-order valence-electron chi connectivity index (χ1n) is 5.27. The van der Waals surface area contributed by atoms with Crippen LogP contribution < -0.4 is 5.32 Å². The van der Waals surface area contributed by atoms with Crippen molar-refractivity contribution in [2.45, 2.75) is 34.1 Å². The summed E-state index contributed by atoms with van der Waals surface area (Å²) < 4.78 is 0. The van der Waals surface area contributed by atoms with Gasteiger partial charge in [0.25, 0.3) is 0 Å². The van der Waals surface area contributed by atoms with Crippen LogP contribution in [-0.2, 0) is 71.8 Å². The molecule has 2 radical (unpaired) electrons. The van der Waals surface area contributed by atoms with Crippen LogP contribution in [0.15, 0.2) is 0 Å². The zero-order chi connectivity index (χ0) is 11.4. The molecule has 1 aromatic heterocycles. The maximum Gasteiger partial charge on any atom is 0.213 e. The first-order chi connectivity index (χ1) is 7.10. The Morgan fingerprint density at radius 1 is 1.29 bits per heavy atom. The van der Waals surface area contributed by atoms with E-state index in [0.29, 0.717) is 12.2 Å². The second kappa shape index (κ2) is 9.72. The van der Waals surface area contributed by atoms with E-state index in [1.807, 2.05) is 27.7 Å². The number of carbonyl (C=O) groups excluding carboxylic acids is 1. The van der Waals surface area contributed by atoms with Crippen molar-refractivity contribution in [2.24, 2.45) is 0 Å². The number of rotatable bonds is 3. The molecule has 3 nitrogen and oxygen atoms in total. The van der Waals surface area contributed by atoms with Crippen molar-refractivity contribution >= 4 is 5.91 Å². The number of nitrogens with one attached hydrogen (secondary N) is 1. The molecule has 0 saturated heterocycles. The molecule has 88 valence electrons. The van der Waals surface area contributed by atoms with Crippen LogP contribution in [-0.4, -0.2) is 17.4 Å². The molecule has 0 unspecified atom stereocenters. The molecular formula is C12H17N2OY2-. The summed E-state index contributed by atoms with van der Waals surface area (Å²) in [6.07, 6.45) is 0.778. The smallest absolute Gasteiger partial charge is 0.213 e. The van der Waals surface area contributed by atoms with Crippen molar-refractivity contribution in [1.82, 2.24) is 10.3 Å². The number of nitrogens with zero attached hydrogens (tertiary/aromatic N) is 1. The molecule has 1 rings (SSSR count). The number of aromatic nitrogens is 1. The molecule has 0 aliphatic heterocycles. The minimum absolute atomic E-state index is 0. The van der Waals surface area contributed by atoms with Crippen LogP contribution in [0.1, 0.15) is 41.2 Å². The minimum atomic E-state index is -0.103. The molecule has 1 amide bonds. The fraction of sp³-hybridized carbons (Fsp3) is 0.500. The molecule has 1 heterocycles. The van der Waals surface area contributed by atoms with Gasteiger partial charge in [0.1, 0.15) is 0 Å². The van der Waals surface area contributed by atoms with Gasteiger partial charge in [0.2, 0.25) is 5.91 Å². The molecule has 0 atom stereocenters. The normalized spacial score (nSPS) is 8.94. The van der Waals surface area contributed by atoms with E-state index in [0.717, 1.165) is 23.2 Å². The van der Waals surface area contributed by atoms with Gasteiger partial charge in [-0.25, -0.2) is 0 Å². The summed E-state index contributed by atoms with van der Waals surface area (Å²) in [6.45, 7) is 8.38. The second-order valence-electron chi connectivity index (χ2n) is 3.49. The molecule has 1 N–H and O–H groups in total. The molecule has 1 aromatic rings. The third-order valence-electron chi connectivity index (χ3n) is 2.35. The Balaban J connectivity index is 0. The Kier molecular flexibility index (Phi) is 11.5. The summed E-state index contributed by atoms with van der Waals surface area (Å²) in [7, 11) is 0. The fourth-order valence-corrected chi connectivity index (χ4v) is 1.38. The van der Waals surface area contributed by atoms with Gasteiger partial charge in [-0.1, -0.05) is 32.9 Å². The van der Waals surface area contributed by atoms with Crippen molar-refractivity contribution in [1.29, 1.82) is 0 Å².